The Balaban J connectivity index is 1.73. The van der Waals surface area contributed by atoms with Gasteiger partial charge >= 0.3 is 6.09 Å². The first kappa shape index (κ1) is 16.3. The molecule has 0 bridgehead atoms. The molecule has 7 heteroatoms. The lowest BCUT2D eigenvalue weighted by molar-refractivity contribution is 0.141. The molecular weight excluding hydrogens is 328 g/mol. The van der Waals surface area contributed by atoms with Crippen LogP contribution < -0.4 is 10.0 Å². The number of anilines is 1. The molecule has 2 aromatic rings. The van der Waals surface area contributed by atoms with Gasteiger partial charge in [-0.15, -0.1) is 0 Å². The van der Waals surface area contributed by atoms with E-state index in [-0.39, 0.29) is 11.0 Å². The molecule has 2 aromatic carbocycles. The third kappa shape index (κ3) is 3.51. The molecule has 1 aliphatic rings. The van der Waals surface area contributed by atoms with E-state index in [1.807, 2.05) is 6.92 Å². The van der Waals surface area contributed by atoms with Crippen molar-refractivity contribution in [3.63, 3.8) is 0 Å². The van der Waals surface area contributed by atoms with Gasteiger partial charge in [-0.3, -0.25) is 4.72 Å². The molecule has 1 heterocycles. The summed E-state index contributed by atoms with van der Waals surface area (Å²) in [4.78, 5) is 11.3. The summed E-state index contributed by atoms with van der Waals surface area (Å²) in [6.45, 7) is 2.42. The number of amides is 1. The van der Waals surface area contributed by atoms with Crippen molar-refractivity contribution in [1.82, 2.24) is 5.32 Å². The Hall–Kier alpha value is -2.54. The first-order valence-electron chi connectivity index (χ1n) is 7.64. The third-order valence-electron chi connectivity index (χ3n) is 3.86. The molecule has 126 valence electrons. The van der Waals surface area contributed by atoms with Crippen molar-refractivity contribution in [1.29, 1.82) is 0 Å². The first-order valence-corrected chi connectivity index (χ1v) is 9.12. The van der Waals surface area contributed by atoms with E-state index in [4.69, 9.17) is 4.74 Å². The largest absolute Gasteiger partial charge is 0.439 e. The Morgan fingerprint density at radius 3 is 2.33 bits per heavy atom. The summed E-state index contributed by atoms with van der Waals surface area (Å²) in [5, 5.41) is 2.58. The molecule has 2 N–H and O–H groups in total. The molecule has 0 radical (unpaired) electrons. The number of hydrogen-bond donors (Lipinski definition) is 2. The second kappa shape index (κ2) is 6.52. The monoisotopic (exact) mass is 346 g/mol. The molecule has 3 rings (SSSR count). The average Bonchev–Trinajstić information content (AvgIpc) is 3.02. The highest BCUT2D eigenvalue weighted by molar-refractivity contribution is 7.92. The van der Waals surface area contributed by atoms with E-state index in [1.165, 1.54) is 0 Å². The van der Waals surface area contributed by atoms with Crippen LogP contribution in [0.5, 0.6) is 0 Å². The van der Waals surface area contributed by atoms with E-state index in [1.54, 1.807) is 48.5 Å². The van der Waals surface area contributed by atoms with E-state index in [0.29, 0.717) is 12.2 Å². The summed E-state index contributed by atoms with van der Waals surface area (Å²) < 4.78 is 32.4. The van der Waals surface area contributed by atoms with Gasteiger partial charge in [0.1, 0.15) is 6.10 Å². The van der Waals surface area contributed by atoms with Crippen LogP contribution in [-0.2, 0) is 21.2 Å². The van der Waals surface area contributed by atoms with Gasteiger partial charge in [-0.2, -0.15) is 0 Å². The van der Waals surface area contributed by atoms with Gasteiger partial charge < -0.3 is 10.1 Å². The Morgan fingerprint density at radius 1 is 1.12 bits per heavy atom. The number of ether oxygens (including phenoxy) is 1. The van der Waals surface area contributed by atoms with Gasteiger partial charge in [-0.05, 0) is 41.8 Å². The third-order valence-corrected chi connectivity index (χ3v) is 5.25. The Kier molecular flexibility index (Phi) is 4.44. The highest BCUT2D eigenvalue weighted by Gasteiger charge is 2.24. The summed E-state index contributed by atoms with van der Waals surface area (Å²) in [5.41, 5.74) is 2.34. The van der Waals surface area contributed by atoms with Crippen LogP contribution in [0.4, 0.5) is 10.5 Å². The van der Waals surface area contributed by atoms with E-state index < -0.39 is 16.1 Å². The summed E-state index contributed by atoms with van der Waals surface area (Å²) >= 11 is 0. The van der Waals surface area contributed by atoms with E-state index in [9.17, 15) is 13.2 Å². The minimum Gasteiger partial charge on any atom is -0.439 e. The van der Waals surface area contributed by atoms with Crippen molar-refractivity contribution in [3.8, 4) is 0 Å². The summed E-state index contributed by atoms with van der Waals surface area (Å²) in [5.74, 6) is 0. The molecule has 0 saturated carbocycles. The molecule has 0 aromatic heterocycles. The number of rotatable bonds is 5. The van der Waals surface area contributed by atoms with E-state index in [0.717, 1.165) is 17.5 Å². The predicted octanol–water partition coefficient (Wildman–Crippen LogP) is 2.83. The number of alkyl carbamates (subject to hydrolysis) is 1. The minimum absolute atomic E-state index is 0.220. The molecule has 1 unspecified atom stereocenters. The molecule has 0 aliphatic carbocycles. The van der Waals surface area contributed by atoms with Crippen LogP contribution >= 0.6 is 0 Å². The van der Waals surface area contributed by atoms with E-state index in [2.05, 4.69) is 10.0 Å². The molecule has 1 aliphatic heterocycles. The number of carbonyl (C=O) groups excluding carboxylic acids is 1. The van der Waals surface area contributed by atoms with Crippen molar-refractivity contribution >= 4 is 21.8 Å². The quantitative estimate of drug-likeness (QED) is 0.872. The molecule has 6 nitrogen and oxygen atoms in total. The second-order valence-electron chi connectivity index (χ2n) is 5.50. The lowest BCUT2D eigenvalue weighted by atomic mass is 10.1. The number of cyclic esters (lactones) is 1. The summed E-state index contributed by atoms with van der Waals surface area (Å²) in [6, 6.07) is 13.6. The number of aryl methyl sites for hydroxylation is 1. The van der Waals surface area contributed by atoms with Gasteiger partial charge in [-0.25, -0.2) is 13.2 Å². The number of carbonyl (C=O) groups is 1. The Labute approximate surface area is 140 Å². The van der Waals surface area contributed by atoms with Gasteiger partial charge in [0.25, 0.3) is 10.0 Å². The van der Waals surface area contributed by atoms with Crippen molar-refractivity contribution in [3.05, 3.63) is 59.7 Å². The predicted molar refractivity (Wildman–Crippen MR) is 90.3 cm³/mol. The van der Waals surface area contributed by atoms with Gasteiger partial charge in [0.15, 0.2) is 0 Å². The van der Waals surface area contributed by atoms with Gasteiger partial charge in [-0.1, -0.05) is 31.2 Å². The lowest BCUT2D eigenvalue weighted by Crippen LogP contribution is -2.13. The van der Waals surface area contributed by atoms with Crippen molar-refractivity contribution in [2.24, 2.45) is 0 Å². The highest BCUT2D eigenvalue weighted by Crippen LogP contribution is 2.23. The van der Waals surface area contributed by atoms with Crippen molar-refractivity contribution in [2.75, 3.05) is 11.3 Å². The van der Waals surface area contributed by atoms with Gasteiger partial charge in [0.2, 0.25) is 0 Å². The van der Waals surface area contributed by atoms with Gasteiger partial charge in [0, 0.05) is 5.69 Å². The standard InChI is InChI=1S/C17H18N2O4S/c1-2-12-3-9-15(10-4-12)24(21,22)19-14-7-5-13(6-8-14)16-11-18-17(20)23-16/h3-10,16,19H,2,11H2,1H3,(H,18,20). The van der Waals surface area contributed by atoms with Crippen LogP contribution in [0.2, 0.25) is 0 Å². The van der Waals surface area contributed by atoms with Gasteiger partial charge in [0.05, 0.1) is 11.4 Å². The zero-order valence-electron chi connectivity index (χ0n) is 13.2. The molecule has 1 fully saturated rings. The summed E-state index contributed by atoms with van der Waals surface area (Å²) in [6.07, 6.45) is 0.0700. The SMILES string of the molecule is CCc1ccc(S(=O)(=O)Nc2ccc(C3CNC(=O)O3)cc2)cc1. The zero-order valence-corrected chi connectivity index (χ0v) is 14.0. The van der Waals surface area contributed by atoms with Crippen LogP contribution in [0.1, 0.15) is 24.2 Å². The Bertz CT molecular complexity index is 830. The molecular formula is C17H18N2O4S. The fourth-order valence-corrected chi connectivity index (χ4v) is 3.52. The zero-order chi connectivity index (χ0) is 17.2. The maximum atomic E-state index is 12.4. The maximum Gasteiger partial charge on any atom is 0.407 e. The molecule has 24 heavy (non-hydrogen) atoms. The van der Waals surface area contributed by atoms with Crippen molar-refractivity contribution in [2.45, 2.75) is 24.3 Å². The van der Waals surface area contributed by atoms with Crippen LogP contribution in [0.3, 0.4) is 0 Å². The number of sulfonamides is 1. The minimum atomic E-state index is -3.63. The number of hydrogen-bond acceptors (Lipinski definition) is 4. The van der Waals surface area contributed by atoms with Crippen LogP contribution in [0.25, 0.3) is 0 Å². The molecule has 1 atom stereocenters. The first-order chi connectivity index (χ1) is 11.5. The van der Waals surface area contributed by atoms with Crippen molar-refractivity contribution < 1.29 is 17.9 Å². The highest BCUT2D eigenvalue weighted by atomic mass is 32.2. The van der Waals surface area contributed by atoms with Crippen LogP contribution in [0, 0.1) is 0 Å². The Morgan fingerprint density at radius 2 is 1.79 bits per heavy atom. The molecule has 0 spiro atoms. The molecule has 1 amide bonds. The van der Waals surface area contributed by atoms with Crippen LogP contribution in [0.15, 0.2) is 53.4 Å². The second-order valence-corrected chi connectivity index (χ2v) is 7.18. The summed E-state index contributed by atoms with van der Waals surface area (Å²) in [7, 11) is -3.63. The normalized spacial score (nSPS) is 17.2. The molecule has 1 saturated heterocycles. The fourth-order valence-electron chi connectivity index (χ4n) is 2.46. The van der Waals surface area contributed by atoms with E-state index >= 15 is 0 Å². The topological polar surface area (TPSA) is 84.5 Å². The maximum absolute atomic E-state index is 12.4. The lowest BCUT2D eigenvalue weighted by Gasteiger charge is -2.11. The average molecular weight is 346 g/mol. The number of nitrogens with one attached hydrogen (secondary N) is 2. The fraction of sp³-hybridized carbons (Fsp3) is 0.235. The van der Waals surface area contributed by atoms with Crippen LogP contribution in [-0.4, -0.2) is 21.1 Å². The number of benzene rings is 2. The smallest absolute Gasteiger partial charge is 0.407 e.